The number of carbonyl (C=O) groups excluding carboxylic acids is 2. The first-order chi connectivity index (χ1) is 13.6. The summed E-state index contributed by atoms with van der Waals surface area (Å²) in [5.74, 6) is 1.13. The fourth-order valence-corrected chi connectivity index (χ4v) is 4.29. The zero-order valence-corrected chi connectivity index (χ0v) is 18.3. The molecule has 28 heavy (non-hydrogen) atoms. The highest BCUT2D eigenvalue weighted by Crippen LogP contribution is 2.18. The summed E-state index contributed by atoms with van der Waals surface area (Å²) >= 11 is 0. The standard InChI is InChI=1S/C19H35N5O2.C2H6/c1-20-5-2-18(3-6-20)16-22-12-14-24(15-13-22)19(26)4-7-21-8-10-23(17-25)11-9-21;1-2/h17-18H,2-16H2,1H3;1-2H3. The van der Waals surface area contributed by atoms with Crippen LogP contribution in [-0.2, 0) is 9.59 Å². The van der Waals surface area contributed by atoms with E-state index in [4.69, 9.17) is 0 Å². The molecule has 7 heteroatoms. The van der Waals surface area contributed by atoms with Crippen molar-refractivity contribution >= 4 is 12.3 Å². The monoisotopic (exact) mass is 395 g/mol. The van der Waals surface area contributed by atoms with E-state index in [9.17, 15) is 9.59 Å². The molecule has 0 bridgehead atoms. The smallest absolute Gasteiger partial charge is 0.223 e. The van der Waals surface area contributed by atoms with Crippen molar-refractivity contribution in [3.8, 4) is 0 Å². The molecular weight excluding hydrogens is 354 g/mol. The first kappa shape index (κ1) is 23.1. The molecule has 2 amide bonds. The lowest BCUT2D eigenvalue weighted by molar-refractivity contribution is -0.133. The van der Waals surface area contributed by atoms with E-state index in [2.05, 4.69) is 21.7 Å². The van der Waals surface area contributed by atoms with Crippen molar-refractivity contribution in [2.24, 2.45) is 5.92 Å². The normalized spacial score (nSPS) is 23.2. The van der Waals surface area contributed by atoms with Crippen molar-refractivity contribution in [3.63, 3.8) is 0 Å². The van der Waals surface area contributed by atoms with Crippen LogP contribution in [0.2, 0.25) is 0 Å². The Hall–Kier alpha value is -1.18. The van der Waals surface area contributed by atoms with Crippen molar-refractivity contribution in [2.75, 3.05) is 85.6 Å². The molecule has 0 spiro atoms. The van der Waals surface area contributed by atoms with Gasteiger partial charge in [0.05, 0.1) is 0 Å². The van der Waals surface area contributed by atoms with Gasteiger partial charge in [0.15, 0.2) is 0 Å². The quantitative estimate of drug-likeness (QED) is 0.619. The molecule has 3 aliphatic heterocycles. The van der Waals surface area contributed by atoms with Gasteiger partial charge in [-0.1, -0.05) is 13.8 Å². The first-order valence-corrected chi connectivity index (χ1v) is 11.2. The van der Waals surface area contributed by atoms with Gasteiger partial charge in [-0.2, -0.15) is 0 Å². The van der Waals surface area contributed by atoms with Crippen molar-refractivity contribution in [1.29, 1.82) is 0 Å². The number of likely N-dealkylation sites (tertiary alicyclic amines) is 1. The third-order valence-corrected chi connectivity index (χ3v) is 6.28. The number of amides is 2. The van der Waals surface area contributed by atoms with Crippen LogP contribution < -0.4 is 0 Å². The molecule has 0 aliphatic carbocycles. The highest BCUT2D eigenvalue weighted by Gasteiger charge is 2.25. The van der Waals surface area contributed by atoms with Gasteiger partial charge in [0.2, 0.25) is 12.3 Å². The predicted octanol–water partition coefficient (Wildman–Crippen LogP) is 0.663. The molecule has 0 aromatic rings. The maximum absolute atomic E-state index is 12.5. The molecule has 0 atom stereocenters. The topological polar surface area (TPSA) is 50.3 Å². The molecule has 3 heterocycles. The van der Waals surface area contributed by atoms with E-state index in [1.165, 1.54) is 32.5 Å². The van der Waals surface area contributed by atoms with Gasteiger partial charge in [-0.15, -0.1) is 0 Å². The summed E-state index contributed by atoms with van der Waals surface area (Å²) in [6.07, 6.45) is 4.16. The highest BCUT2D eigenvalue weighted by molar-refractivity contribution is 5.76. The van der Waals surface area contributed by atoms with E-state index < -0.39 is 0 Å². The summed E-state index contributed by atoms with van der Waals surface area (Å²) in [5.41, 5.74) is 0. The van der Waals surface area contributed by atoms with E-state index in [1.807, 2.05) is 23.6 Å². The summed E-state index contributed by atoms with van der Waals surface area (Å²) < 4.78 is 0. The third kappa shape index (κ3) is 7.33. The number of carbonyl (C=O) groups is 2. The molecule has 3 saturated heterocycles. The zero-order valence-electron chi connectivity index (χ0n) is 18.3. The van der Waals surface area contributed by atoms with Gasteiger partial charge < -0.3 is 14.7 Å². The van der Waals surface area contributed by atoms with Gasteiger partial charge >= 0.3 is 0 Å². The van der Waals surface area contributed by atoms with Gasteiger partial charge in [-0.3, -0.25) is 19.4 Å². The Labute approximate surface area is 171 Å². The maximum atomic E-state index is 12.5. The minimum absolute atomic E-state index is 0.293. The van der Waals surface area contributed by atoms with E-state index in [-0.39, 0.29) is 0 Å². The Morgan fingerprint density at radius 2 is 1.43 bits per heavy atom. The van der Waals surface area contributed by atoms with Crippen molar-refractivity contribution in [1.82, 2.24) is 24.5 Å². The first-order valence-electron chi connectivity index (χ1n) is 11.2. The zero-order chi connectivity index (χ0) is 20.4. The van der Waals surface area contributed by atoms with E-state index in [0.717, 1.165) is 71.2 Å². The second-order valence-electron chi connectivity index (χ2n) is 8.16. The summed E-state index contributed by atoms with van der Waals surface area (Å²) in [7, 11) is 2.21. The molecular formula is C21H41N5O2. The number of hydrogen-bond donors (Lipinski definition) is 0. The largest absolute Gasteiger partial charge is 0.343 e. The molecule has 0 unspecified atom stereocenters. The van der Waals surface area contributed by atoms with E-state index in [1.54, 1.807) is 0 Å². The summed E-state index contributed by atoms with van der Waals surface area (Å²) in [6, 6.07) is 0. The Morgan fingerprint density at radius 1 is 0.857 bits per heavy atom. The molecule has 3 rings (SSSR count). The molecule has 0 radical (unpaired) electrons. The molecule has 0 N–H and O–H groups in total. The lowest BCUT2D eigenvalue weighted by Crippen LogP contribution is -2.51. The predicted molar refractivity (Wildman–Crippen MR) is 113 cm³/mol. The second-order valence-corrected chi connectivity index (χ2v) is 8.16. The molecule has 3 aliphatic rings. The Bertz CT molecular complexity index is 452. The molecule has 162 valence electrons. The van der Waals surface area contributed by atoms with Gasteiger partial charge in [0.1, 0.15) is 0 Å². The van der Waals surface area contributed by atoms with Gasteiger partial charge in [0.25, 0.3) is 0 Å². The average molecular weight is 396 g/mol. The Kier molecular flexibility index (Phi) is 10.2. The average Bonchev–Trinajstić information content (AvgIpc) is 2.76. The van der Waals surface area contributed by atoms with Crippen LogP contribution in [0, 0.1) is 5.92 Å². The fourth-order valence-electron chi connectivity index (χ4n) is 4.29. The lowest BCUT2D eigenvalue weighted by atomic mass is 9.96. The SMILES string of the molecule is CC.CN1CCC(CN2CCN(C(=O)CCN3CCN(C=O)CC3)CC2)CC1. The molecule has 0 aromatic carbocycles. The van der Waals surface area contributed by atoms with Crippen LogP contribution in [0.5, 0.6) is 0 Å². The van der Waals surface area contributed by atoms with Crippen LogP contribution in [-0.4, -0.2) is 122 Å². The number of piperidine rings is 1. The van der Waals surface area contributed by atoms with Crippen LogP contribution in [0.1, 0.15) is 33.1 Å². The van der Waals surface area contributed by atoms with Crippen LogP contribution in [0.4, 0.5) is 0 Å². The fraction of sp³-hybridized carbons (Fsp3) is 0.905. The van der Waals surface area contributed by atoms with E-state index >= 15 is 0 Å². The van der Waals surface area contributed by atoms with Gasteiger partial charge in [-0.05, 0) is 38.9 Å². The minimum atomic E-state index is 0.293. The number of nitrogens with zero attached hydrogens (tertiary/aromatic N) is 5. The van der Waals surface area contributed by atoms with Gasteiger partial charge in [-0.25, -0.2) is 0 Å². The molecule has 7 nitrogen and oxygen atoms in total. The molecule has 3 fully saturated rings. The summed E-state index contributed by atoms with van der Waals surface area (Å²) in [5, 5.41) is 0. The van der Waals surface area contributed by atoms with Crippen molar-refractivity contribution in [3.05, 3.63) is 0 Å². The third-order valence-electron chi connectivity index (χ3n) is 6.28. The summed E-state index contributed by atoms with van der Waals surface area (Å²) in [6.45, 7) is 15.6. The number of piperazine rings is 2. The maximum Gasteiger partial charge on any atom is 0.223 e. The van der Waals surface area contributed by atoms with Crippen molar-refractivity contribution < 1.29 is 9.59 Å². The Balaban J connectivity index is 0.00000136. The molecule has 0 saturated carbocycles. The minimum Gasteiger partial charge on any atom is -0.343 e. The van der Waals surface area contributed by atoms with Gasteiger partial charge in [0, 0.05) is 71.9 Å². The van der Waals surface area contributed by atoms with Crippen molar-refractivity contribution in [2.45, 2.75) is 33.1 Å². The van der Waals surface area contributed by atoms with Crippen LogP contribution in [0.25, 0.3) is 0 Å². The highest BCUT2D eigenvalue weighted by atomic mass is 16.2. The summed E-state index contributed by atoms with van der Waals surface area (Å²) in [4.78, 5) is 34.4. The number of hydrogen-bond acceptors (Lipinski definition) is 5. The number of rotatable bonds is 6. The van der Waals surface area contributed by atoms with Crippen LogP contribution >= 0.6 is 0 Å². The Morgan fingerprint density at radius 3 is 2.00 bits per heavy atom. The molecule has 0 aromatic heterocycles. The second kappa shape index (κ2) is 12.4. The lowest BCUT2D eigenvalue weighted by Gasteiger charge is -2.38. The van der Waals surface area contributed by atoms with Crippen LogP contribution in [0.3, 0.4) is 0 Å². The van der Waals surface area contributed by atoms with E-state index in [0.29, 0.717) is 12.3 Å². The van der Waals surface area contributed by atoms with Crippen LogP contribution in [0.15, 0.2) is 0 Å².